The van der Waals surface area contributed by atoms with Crippen molar-refractivity contribution in [3.05, 3.63) is 59.5 Å². The van der Waals surface area contributed by atoms with E-state index in [0.717, 1.165) is 50.8 Å². The van der Waals surface area contributed by atoms with Gasteiger partial charge in [0.25, 0.3) is 0 Å². The van der Waals surface area contributed by atoms with E-state index in [1.54, 1.807) is 6.07 Å². The molecule has 5 rings (SSSR count). The number of fused-ring (bicyclic) bond motifs is 1. The van der Waals surface area contributed by atoms with E-state index in [4.69, 9.17) is 4.74 Å². The zero-order chi connectivity index (χ0) is 25.1. The minimum Gasteiger partial charge on any atom is -0.475 e. The highest BCUT2D eigenvalue weighted by Crippen LogP contribution is 2.40. The van der Waals surface area contributed by atoms with Crippen molar-refractivity contribution in [3.63, 3.8) is 0 Å². The number of halogens is 1. The van der Waals surface area contributed by atoms with E-state index in [1.165, 1.54) is 6.07 Å². The van der Waals surface area contributed by atoms with Crippen molar-refractivity contribution in [1.29, 1.82) is 0 Å². The maximum Gasteiger partial charge on any atom is 0.223 e. The van der Waals surface area contributed by atoms with Gasteiger partial charge in [0.1, 0.15) is 5.82 Å². The summed E-state index contributed by atoms with van der Waals surface area (Å²) in [6.07, 6.45) is 6.66. The van der Waals surface area contributed by atoms with Crippen molar-refractivity contribution in [3.8, 4) is 5.88 Å². The topological polar surface area (TPSA) is 78.5 Å². The van der Waals surface area contributed by atoms with E-state index in [9.17, 15) is 9.18 Å². The molecule has 2 aromatic rings. The molecule has 7 nitrogen and oxygen atoms in total. The Morgan fingerprint density at radius 2 is 2.06 bits per heavy atom. The summed E-state index contributed by atoms with van der Waals surface area (Å²) in [5.41, 5.74) is 8.73. The van der Waals surface area contributed by atoms with Gasteiger partial charge in [0, 0.05) is 48.9 Å². The molecule has 2 aliphatic heterocycles. The van der Waals surface area contributed by atoms with Crippen molar-refractivity contribution in [2.24, 2.45) is 11.8 Å². The molecular formula is C28H38FN5O2. The Morgan fingerprint density at radius 3 is 2.83 bits per heavy atom. The predicted molar refractivity (Wildman–Crippen MR) is 136 cm³/mol. The van der Waals surface area contributed by atoms with E-state index in [-0.39, 0.29) is 35.8 Å². The number of rotatable bonds is 7. The molecule has 5 atom stereocenters. The summed E-state index contributed by atoms with van der Waals surface area (Å²) in [4.78, 5) is 20.0. The van der Waals surface area contributed by atoms with Gasteiger partial charge >= 0.3 is 0 Å². The van der Waals surface area contributed by atoms with Crippen LogP contribution in [0.2, 0.25) is 0 Å². The molecule has 1 aromatic carbocycles. The fourth-order valence-electron chi connectivity index (χ4n) is 6.02. The maximum atomic E-state index is 14.1. The second-order valence-electron chi connectivity index (χ2n) is 10.8. The molecule has 1 saturated carbocycles. The molecule has 194 valence electrons. The van der Waals surface area contributed by atoms with Crippen molar-refractivity contribution in [1.82, 2.24) is 26.1 Å². The number of aromatic nitrogens is 1. The first-order chi connectivity index (χ1) is 17.5. The SMILES string of the molecule is CC(C)Oc1ccc(C2NNC3CCC(C(=O)N[C@@H]4CCCN(Cc5ccccc5F)C4)CC32)cn1. The molecule has 36 heavy (non-hydrogen) atoms. The lowest BCUT2D eigenvalue weighted by atomic mass is 9.74. The summed E-state index contributed by atoms with van der Waals surface area (Å²) < 4.78 is 19.8. The van der Waals surface area contributed by atoms with Crippen LogP contribution in [0.3, 0.4) is 0 Å². The van der Waals surface area contributed by atoms with Gasteiger partial charge in [-0.25, -0.2) is 14.8 Å². The Kier molecular flexibility index (Phi) is 7.84. The van der Waals surface area contributed by atoms with Crippen LogP contribution < -0.4 is 20.9 Å². The summed E-state index contributed by atoms with van der Waals surface area (Å²) in [7, 11) is 0. The van der Waals surface area contributed by atoms with Gasteiger partial charge in [0.2, 0.25) is 11.8 Å². The molecule has 0 spiro atoms. The van der Waals surface area contributed by atoms with E-state index in [0.29, 0.717) is 29.9 Å². The monoisotopic (exact) mass is 495 g/mol. The van der Waals surface area contributed by atoms with Crippen LogP contribution in [-0.4, -0.2) is 47.1 Å². The number of hydrogen-bond acceptors (Lipinski definition) is 6. The lowest BCUT2D eigenvalue weighted by Gasteiger charge is -2.36. The molecule has 3 N–H and O–H groups in total. The number of likely N-dealkylation sites (tertiary alicyclic amines) is 1. The van der Waals surface area contributed by atoms with E-state index in [1.807, 2.05) is 38.2 Å². The molecule has 2 saturated heterocycles. The Morgan fingerprint density at radius 1 is 1.19 bits per heavy atom. The molecule has 1 aliphatic carbocycles. The number of nitrogens with zero attached hydrogens (tertiary/aromatic N) is 2. The molecular weight excluding hydrogens is 457 g/mol. The van der Waals surface area contributed by atoms with Gasteiger partial charge in [0.15, 0.2) is 0 Å². The minimum atomic E-state index is -0.161. The average Bonchev–Trinajstić information content (AvgIpc) is 3.29. The molecule has 0 radical (unpaired) electrons. The van der Waals surface area contributed by atoms with Crippen LogP contribution in [0.1, 0.15) is 63.1 Å². The molecule has 3 heterocycles. The van der Waals surface area contributed by atoms with Crippen LogP contribution in [0.25, 0.3) is 0 Å². The summed E-state index contributed by atoms with van der Waals surface area (Å²) in [6.45, 7) is 6.26. The number of ether oxygens (including phenoxy) is 1. The van der Waals surface area contributed by atoms with Gasteiger partial charge in [-0.05, 0) is 70.0 Å². The first-order valence-corrected chi connectivity index (χ1v) is 13.4. The number of hydrazine groups is 1. The van der Waals surface area contributed by atoms with Crippen LogP contribution in [0.4, 0.5) is 4.39 Å². The van der Waals surface area contributed by atoms with Crippen molar-refractivity contribution < 1.29 is 13.9 Å². The van der Waals surface area contributed by atoms with Crippen molar-refractivity contribution in [2.75, 3.05) is 13.1 Å². The zero-order valence-corrected chi connectivity index (χ0v) is 21.3. The smallest absolute Gasteiger partial charge is 0.223 e. The number of hydrogen-bond donors (Lipinski definition) is 3. The fourth-order valence-corrected chi connectivity index (χ4v) is 6.02. The highest BCUT2D eigenvalue weighted by Gasteiger charge is 2.43. The van der Waals surface area contributed by atoms with Gasteiger partial charge < -0.3 is 10.1 Å². The summed E-state index contributed by atoms with van der Waals surface area (Å²) in [5.74, 6) is 0.973. The third kappa shape index (κ3) is 5.88. The van der Waals surface area contributed by atoms with Crippen LogP contribution in [-0.2, 0) is 11.3 Å². The molecule has 4 unspecified atom stereocenters. The number of carbonyl (C=O) groups excluding carboxylic acids is 1. The van der Waals surface area contributed by atoms with Gasteiger partial charge in [0.05, 0.1) is 12.1 Å². The third-order valence-electron chi connectivity index (χ3n) is 7.80. The first kappa shape index (κ1) is 25.1. The Labute approximate surface area is 213 Å². The van der Waals surface area contributed by atoms with Gasteiger partial charge in [-0.15, -0.1) is 0 Å². The molecule has 1 amide bonds. The van der Waals surface area contributed by atoms with E-state index >= 15 is 0 Å². The zero-order valence-electron chi connectivity index (χ0n) is 21.3. The number of benzene rings is 1. The lowest BCUT2D eigenvalue weighted by molar-refractivity contribution is -0.127. The van der Waals surface area contributed by atoms with E-state index < -0.39 is 0 Å². The minimum absolute atomic E-state index is 0.00824. The highest BCUT2D eigenvalue weighted by atomic mass is 19.1. The summed E-state index contributed by atoms with van der Waals surface area (Å²) >= 11 is 0. The number of piperidine rings is 1. The first-order valence-electron chi connectivity index (χ1n) is 13.4. The summed E-state index contributed by atoms with van der Waals surface area (Å²) in [5, 5.41) is 3.34. The lowest BCUT2D eigenvalue weighted by Crippen LogP contribution is -2.50. The normalized spacial score (nSPS) is 28.6. The Balaban J connectivity index is 1.16. The van der Waals surface area contributed by atoms with Gasteiger partial charge in [-0.2, -0.15) is 0 Å². The largest absolute Gasteiger partial charge is 0.475 e. The molecule has 8 heteroatoms. The standard InChI is InChI=1S/C28H38FN5O2/c1-18(2)36-26-12-10-20(15-30-26)27-23-14-19(9-11-25(23)32-33-27)28(35)31-22-7-5-13-34(17-22)16-21-6-3-4-8-24(21)29/h3-4,6,8,10,12,15,18-19,22-23,25,27,32-33H,5,7,9,11,13-14,16-17H2,1-2H3,(H,31,35)/t19?,22-,23?,25?,27?/m1/s1. The maximum absolute atomic E-state index is 14.1. The second-order valence-corrected chi connectivity index (χ2v) is 10.8. The fraction of sp³-hybridized carbons (Fsp3) is 0.571. The molecule has 0 bridgehead atoms. The third-order valence-corrected chi connectivity index (χ3v) is 7.80. The van der Waals surface area contributed by atoms with Crippen LogP contribution in [0, 0.1) is 17.7 Å². The van der Waals surface area contributed by atoms with Gasteiger partial charge in [-0.1, -0.05) is 24.3 Å². The molecule has 1 aromatic heterocycles. The van der Waals surface area contributed by atoms with Gasteiger partial charge in [-0.3, -0.25) is 15.1 Å². The van der Waals surface area contributed by atoms with Crippen molar-refractivity contribution in [2.45, 2.75) is 76.7 Å². The molecule has 3 aliphatic rings. The number of nitrogens with one attached hydrogen (secondary N) is 3. The molecule has 3 fully saturated rings. The van der Waals surface area contributed by atoms with Crippen LogP contribution in [0.5, 0.6) is 5.88 Å². The van der Waals surface area contributed by atoms with Crippen molar-refractivity contribution >= 4 is 5.91 Å². The highest BCUT2D eigenvalue weighted by molar-refractivity contribution is 5.79. The average molecular weight is 496 g/mol. The Hall–Kier alpha value is -2.55. The summed E-state index contributed by atoms with van der Waals surface area (Å²) in [6, 6.07) is 11.5. The number of amides is 1. The second kappa shape index (κ2) is 11.2. The quantitative estimate of drug-likeness (QED) is 0.544. The Bertz CT molecular complexity index is 1030. The van der Waals surface area contributed by atoms with E-state index in [2.05, 4.69) is 32.1 Å². The predicted octanol–water partition coefficient (Wildman–Crippen LogP) is 3.72. The number of pyridine rings is 1. The number of carbonyl (C=O) groups is 1. The van der Waals surface area contributed by atoms with Crippen LogP contribution >= 0.6 is 0 Å². The van der Waals surface area contributed by atoms with Crippen LogP contribution in [0.15, 0.2) is 42.6 Å².